The molecule has 0 aromatic carbocycles. The van der Waals surface area contributed by atoms with Gasteiger partial charge in [-0.05, 0) is 37.3 Å². The second-order valence-corrected chi connectivity index (χ2v) is 5.65. The minimum absolute atomic E-state index is 0.193. The summed E-state index contributed by atoms with van der Waals surface area (Å²) in [6.45, 7) is 3.98. The minimum Gasteiger partial charge on any atom is -0.334 e. The maximum atomic E-state index is 12.2. The summed E-state index contributed by atoms with van der Waals surface area (Å²) in [6.07, 6.45) is 2.40. The first-order valence-electron chi connectivity index (χ1n) is 6.37. The Hall–Kier alpha value is -1.60. The van der Waals surface area contributed by atoms with E-state index in [1.807, 2.05) is 13.8 Å². The molecule has 0 radical (unpaired) electrons. The van der Waals surface area contributed by atoms with Crippen LogP contribution in [-0.2, 0) is 0 Å². The van der Waals surface area contributed by atoms with Gasteiger partial charge in [0.15, 0.2) is 0 Å². The van der Waals surface area contributed by atoms with Crippen LogP contribution in [-0.4, -0.2) is 16.4 Å². The first kappa shape index (κ1) is 13.8. The lowest BCUT2D eigenvalue weighted by molar-refractivity contribution is 0.0881. The molecule has 0 atom stereocenters. The second kappa shape index (κ2) is 5.18. The van der Waals surface area contributed by atoms with Crippen LogP contribution in [0, 0.1) is 11.3 Å². The van der Waals surface area contributed by atoms with Gasteiger partial charge in [0.2, 0.25) is 0 Å². The third kappa shape index (κ3) is 2.87. The zero-order valence-electron chi connectivity index (χ0n) is 11.0. The highest BCUT2D eigenvalue weighted by molar-refractivity contribution is 6.29. The van der Waals surface area contributed by atoms with Crippen LogP contribution >= 0.6 is 11.6 Å². The third-order valence-corrected chi connectivity index (χ3v) is 3.64. The van der Waals surface area contributed by atoms with Gasteiger partial charge in [-0.1, -0.05) is 25.4 Å². The standard InChI is InChI=1S/C14H16ClN3O/c1-9(2)11-6-10(7-12(15)17-11)13(19)18-14(8-16)4-3-5-14/h6-7,9H,3-5H2,1-2H3,(H,18,19). The van der Waals surface area contributed by atoms with Gasteiger partial charge < -0.3 is 5.32 Å². The smallest absolute Gasteiger partial charge is 0.252 e. The SMILES string of the molecule is CC(C)c1cc(C(=O)NC2(C#N)CCC2)cc(Cl)n1. The summed E-state index contributed by atoms with van der Waals surface area (Å²) in [7, 11) is 0. The van der Waals surface area contributed by atoms with E-state index < -0.39 is 5.54 Å². The van der Waals surface area contributed by atoms with Crippen molar-refractivity contribution in [1.82, 2.24) is 10.3 Å². The van der Waals surface area contributed by atoms with Crippen molar-refractivity contribution in [2.75, 3.05) is 0 Å². The van der Waals surface area contributed by atoms with E-state index >= 15 is 0 Å². The fourth-order valence-electron chi connectivity index (χ4n) is 2.03. The summed E-state index contributed by atoms with van der Waals surface area (Å²) < 4.78 is 0. The molecule has 1 aliphatic carbocycles. The predicted octanol–water partition coefficient (Wildman–Crippen LogP) is 3.03. The van der Waals surface area contributed by atoms with Gasteiger partial charge in [-0.25, -0.2) is 4.98 Å². The van der Waals surface area contributed by atoms with E-state index in [0.717, 1.165) is 12.1 Å². The van der Waals surface area contributed by atoms with E-state index in [1.165, 1.54) is 6.07 Å². The maximum absolute atomic E-state index is 12.2. The van der Waals surface area contributed by atoms with E-state index in [4.69, 9.17) is 16.9 Å². The number of pyridine rings is 1. The van der Waals surface area contributed by atoms with Crippen LogP contribution in [0.3, 0.4) is 0 Å². The molecule has 4 nitrogen and oxygen atoms in total. The number of hydrogen-bond donors (Lipinski definition) is 1. The van der Waals surface area contributed by atoms with E-state index in [-0.39, 0.29) is 11.8 Å². The van der Waals surface area contributed by atoms with Crippen molar-refractivity contribution in [2.24, 2.45) is 0 Å². The average molecular weight is 278 g/mol. The normalized spacial score (nSPS) is 16.6. The molecule has 1 aromatic rings. The molecule has 0 spiro atoms. The first-order chi connectivity index (χ1) is 8.96. The topological polar surface area (TPSA) is 65.8 Å². The number of halogens is 1. The van der Waals surface area contributed by atoms with Crippen molar-refractivity contribution < 1.29 is 4.79 Å². The van der Waals surface area contributed by atoms with Crippen molar-refractivity contribution in [3.63, 3.8) is 0 Å². The lowest BCUT2D eigenvalue weighted by Crippen LogP contribution is -2.52. The van der Waals surface area contributed by atoms with Gasteiger partial charge in [0.25, 0.3) is 5.91 Å². The molecule has 1 heterocycles. The molecular weight excluding hydrogens is 262 g/mol. The summed E-state index contributed by atoms with van der Waals surface area (Å²) in [5, 5.41) is 12.2. The van der Waals surface area contributed by atoms with Gasteiger partial charge in [0.1, 0.15) is 10.7 Å². The highest BCUT2D eigenvalue weighted by Crippen LogP contribution is 2.31. The van der Waals surface area contributed by atoms with E-state index in [0.29, 0.717) is 23.6 Å². The predicted molar refractivity (Wildman–Crippen MR) is 73.0 cm³/mol. The Morgan fingerprint density at radius 3 is 2.68 bits per heavy atom. The molecule has 1 aliphatic rings. The fourth-order valence-corrected chi connectivity index (χ4v) is 2.24. The molecule has 0 bridgehead atoms. The molecule has 0 aliphatic heterocycles. The largest absolute Gasteiger partial charge is 0.334 e. The van der Waals surface area contributed by atoms with Crippen LogP contribution in [0.15, 0.2) is 12.1 Å². The molecule has 1 amide bonds. The van der Waals surface area contributed by atoms with Crippen LogP contribution in [0.5, 0.6) is 0 Å². The highest BCUT2D eigenvalue weighted by atomic mass is 35.5. The zero-order valence-corrected chi connectivity index (χ0v) is 11.8. The van der Waals surface area contributed by atoms with Crippen LogP contribution in [0.25, 0.3) is 0 Å². The lowest BCUT2D eigenvalue weighted by atomic mass is 9.78. The molecule has 1 N–H and O–H groups in total. The Bertz CT molecular complexity index is 544. The molecule has 19 heavy (non-hydrogen) atoms. The van der Waals surface area contributed by atoms with E-state index in [2.05, 4.69) is 16.4 Å². The quantitative estimate of drug-likeness (QED) is 0.864. The summed E-state index contributed by atoms with van der Waals surface area (Å²) >= 11 is 5.94. The molecule has 100 valence electrons. The number of nitriles is 1. The van der Waals surface area contributed by atoms with Gasteiger partial charge in [-0.15, -0.1) is 0 Å². The van der Waals surface area contributed by atoms with Crippen molar-refractivity contribution in [3.8, 4) is 6.07 Å². The second-order valence-electron chi connectivity index (χ2n) is 5.26. The average Bonchev–Trinajstić information content (AvgIpc) is 2.32. The number of amides is 1. The Labute approximate surface area is 117 Å². The van der Waals surface area contributed by atoms with Crippen molar-refractivity contribution in [3.05, 3.63) is 28.5 Å². The van der Waals surface area contributed by atoms with E-state index in [9.17, 15) is 4.79 Å². The Morgan fingerprint density at radius 1 is 1.53 bits per heavy atom. The minimum atomic E-state index is -0.690. The fraction of sp³-hybridized carbons (Fsp3) is 0.500. The number of carbonyl (C=O) groups is 1. The number of hydrogen-bond acceptors (Lipinski definition) is 3. The van der Waals surface area contributed by atoms with Gasteiger partial charge in [-0.3, -0.25) is 4.79 Å². The Balaban J connectivity index is 2.22. The number of carbonyl (C=O) groups excluding carboxylic acids is 1. The van der Waals surface area contributed by atoms with Gasteiger partial charge in [-0.2, -0.15) is 5.26 Å². The lowest BCUT2D eigenvalue weighted by Gasteiger charge is -2.35. The molecule has 2 rings (SSSR count). The molecule has 1 fully saturated rings. The van der Waals surface area contributed by atoms with Gasteiger partial charge >= 0.3 is 0 Å². The number of nitrogens with zero attached hydrogens (tertiary/aromatic N) is 2. The van der Waals surface area contributed by atoms with Crippen molar-refractivity contribution >= 4 is 17.5 Å². The maximum Gasteiger partial charge on any atom is 0.252 e. The van der Waals surface area contributed by atoms with Gasteiger partial charge in [0, 0.05) is 11.3 Å². The monoisotopic (exact) mass is 277 g/mol. The summed E-state index contributed by atoms with van der Waals surface area (Å²) in [5.74, 6) is -0.0636. The van der Waals surface area contributed by atoms with Crippen LogP contribution in [0.2, 0.25) is 5.15 Å². The molecular formula is C14H16ClN3O. The van der Waals surface area contributed by atoms with Crippen molar-refractivity contribution in [1.29, 1.82) is 5.26 Å². The summed E-state index contributed by atoms with van der Waals surface area (Å²) in [4.78, 5) is 16.4. The Kier molecular flexibility index (Phi) is 3.77. The van der Waals surface area contributed by atoms with Crippen LogP contribution in [0.1, 0.15) is 55.1 Å². The van der Waals surface area contributed by atoms with Gasteiger partial charge in [0.05, 0.1) is 6.07 Å². The van der Waals surface area contributed by atoms with E-state index in [1.54, 1.807) is 6.07 Å². The number of aromatic nitrogens is 1. The van der Waals surface area contributed by atoms with Crippen molar-refractivity contribution in [2.45, 2.75) is 44.6 Å². The van der Waals surface area contributed by atoms with Crippen LogP contribution in [0.4, 0.5) is 0 Å². The van der Waals surface area contributed by atoms with Crippen LogP contribution < -0.4 is 5.32 Å². The Morgan fingerprint density at radius 2 is 2.21 bits per heavy atom. The molecule has 0 saturated heterocycles. The molecule has 1 aromatic heterocycles. The zero-order chi connectivity index (χ0) is 14.0. The molecule has 1 saturated carbocycles. The summed E-state index contributed by atoms with van der Waals surface area (Å²) in [6, 6.07) is 5.45. The summed E-state index contributed by atoms with van der Waals surface area (Å²) in [5.41, 5.74) is 0.549. The number of rotatable bonds is 3. The molecule has 5 heteroatoms. The first-order valence-corrected chi connectivity index (χ1v) is 6.75. The third-order valence-electron chi connectivity index (χ3n) is 3.44. The number of nitrogens with one attached hydrogen (secondary N) is 1. The highest BCUT2D eigenvalue weighted by Gasteiger charge is 2.38. The molecule has 0 unspecified atom stereocenters.